The van der Waals surface area contributed by atoms with Gasteiger partial charge in [0.2, 0.25) is 0 Å². The number of hydrogen-bond acceptors (Lipinski definition) is 3. The van der Waals surface area contributed by atoms with Crippen molar-refractivity contribution in [2.24, 2.45) is 0 Å². The van der Waals surface area contributed by atoms with Crippen molar-refractivity contribution < 1.29 is 4.52 Å². The van der Waals surface area contributed by atoms with Crippen LogP contribution in [0.25, 0.3) is 0 Å². The van der Waals surface area contributed by atoms with Crippen molar-refractivity contribution in [3.63, 3.8) is 0 Å². The van der Waals surface area contributed by atoms with Crippen molar-refractivity contribution in [3.05, 3.63) is 107 Å². The second-order valence-electron chi connectivity index (χ2n) is 8.46. The largest absolute Gasteiger partial charge is 0.441 e. The lowest BCUT2D eigenvalue weighted by Gasteiger charge is -2.29. The maximum Gasteiger partial charge on any atom is 0.441 e. The molecule has 0 N–H and O–H groups in total. The van der Waals surface area contributed by atoms with Crippen LogP contribution in [0.5, 0.6) is 0 Å². The van der Waals surface area contributed by atoms with E-state index in [-0.39, 0.29) is 11.8 Å². The summed E-state index contributed by atoms with van der Waals surface area (Å²) < 4.78 is 6.89. The van der Waals surface area contributed by atoms with E-state index < -0.39 is 7.26 Å². The van der Waals surface area contributed by atoms with E-state index in [0.717, 1.165) is 44.1 Å². The van der Waals surface area contributed by atoms with Gasteiger partial charge >= 0.3 is 5.76 Å². The zero-order valence-electron chi connectivity index (χ0n) is 18.1. The van der Waals surface area contributed by atoms with E-state index in [4.69, 9.17) is 4.52 Å². The topological polar surface area (TPSA) is 48.0 Å². The number of benzene rings is 3. The van der Waals surface area contributed by atoms with Gasteiger partial charge in [-0.1, -0.05) is 66.2 Å². The average Bonchev–Trinajstić information content (AvgIpc) is 3.10. The van der Waals surface area contributed by atoms with Gasteiger partial charge in [0, 0.05) is 18.9 Å². The van der Waals surface area contributed by atoms with E-state index in [2.05, 4.69) is 96.2 Å². The van der Waals surface area contributed by atoms with Gasteiger partial charge in [0.15, 0.2) is 5.82 Å². The van der Waals surface area contributed by atoms with Crippen LogP contribution in [0.1, 0.15) is 37.5 Å². The van der Waals surface area contributed by atoms with Gasteiger partial charge in [-0.25, -0.2) is 4.79 Å². The summed E-state index contributed by atoms with van der Waals surface area (Å²) in [6, 6.07) is 32.9. The van der Waals surface area contributed by atoms with E-state index in [0.29, 0.717) is 0 Å². The van der Waals surface area contributed by atoms with Gasteiger partial charge in [0.25, 0.3) is 0 Å². The predicted molar refractivity (Wildman–Crippen MR) is 132 cm³/mol. The van der Waals surface area contributed by atoms with Crippen molar-refractivity contribution in [2.75, 3.05) is 6.16 Å². The Bertz CT molecular complexity index is 1110. The Kier molecular flexibility index (Phi) is 6.05. The lowest BCUT2D eigenvalue weighted by atomic mass is 10.1. The van der Waals surface area contributed by atoms with Gasteiger partial charge in [-0.2, -0.15) is 0 Å². The second-order valence-corrected chi connectivity index (χ2v) is 12.1. The summed E-state index contributed by atoms with van der Waals surface area (Å²) in [5.74, 6) is 0.496. The second kappa shape index (κ2) is 9.26. The molecule has 0 unspecified atom stereocenters. The molecule has 162 valence electrons. The first-order valence-electron chi connectivity index (χ1n) is 11.4. The Labute approximate surface area is 189 Å². The fourth-order valence-electron chi connectivity index (χ4n) is 5.10. The Hall–Kier alpha value is -2.97. The molecule has 0 fully saturated rings. The molecule has 0 saturated carbocycles. The Morgan fingerprint density at radius 1 is 0.812 bits per heavy atom. The summed E-state index contributed by atoms with van der Waals surface area (Å²) in [7, 11) is -1.91. The van der Waals surface area contributed by atoms with Gasteiger partial charge in [-0.15, -0.1) is 0 Å². The molecule has 0 aliphatic carbocycles. The van der Waals surface area contributed by atoms with Crippen molar-refractivity contribution in [1.82, 2.24) is 9.72 Å². The lowest BCUT2D eigenvalue weighted by molar-refractivity contribution is 0.350. The zero-order chi connectivity index (χ0) is 21.8. The molecule has 4 nitrogen and oxygen atoms in total. The number of fused-ring (bicyclic) bond motifs is 1. The number of nitrogens with zero attached hydrogens (tertiary/aromatic N) is 2. The highest BCUT2D eigenvalue weighted by Crippen LogP contribution is 2.56. The average molecular weight is 444 g/mol. The summed E-state index contributed by atoms with van der Waals surface area (Å²) in [6.07, 6.45) is 5.89. The van der Waals surface area contributed by atoms with Crippen LogP contribution < -0.4 is 21.7 Å². The van der Waals surface area contributed by atoms with Crippen LogP contribution in [-0.4, -0.2) is 15.9 Å². The van der Waals surface area contributed by atoms with E-state index in [1.54, 1.807) is 0 Å². The van der Waals surface area contributed by atoms with Crippen molar-refractivity contribution >= 4 is 23.2 Å². The van der Waals surface area contributed by atoms with Crippen LogP contribution >= 0.6 is 7.26 Å². The molecular formula is C27H28N2O2P+. The summed E-state index contributed by atoms with van der Waals surface area (Å²) in [5, 5.41) is 8.21. The third-order valence-corrected chi connectivity index (χ3v) is 11.1. The molecule has 0 radical (unpaired) electrons. The predicted octanol–water partition coefficient (Wildman–Crippen LogP) is 4.49. The van der Waals surface area contributed by atoms with Crippen LogP contribution in [0.15, 0.2) is 100 Å². The molecule has 0 amide bonds. The fraction of sp³-hybridized carbons (Fsp3) is 0.259. The molecule has 32 heavy (non-hydrogen) atoms. The van der Waals surface area contributed by atoms with Crippen LogP contribution in [0.3, 0.4) is 0 Å². The lowest BCUT2D eigenvalue weighted by Crippen LogP contribution is -2.34. The van der Waals surface area contributed by atoms with E-state index >= 15 is 0 Å². The van der Waals surface area contributed by atoms with E-state index in [1.165, 1.54) is 15.9 Å². The first-order chi connectivity index (χ1) is 15.8. The van der Waals surface area contributed by atoms with Crippen molar-refractivity contribution in [1.29, 1.82) is 0 Å². The molecule has 0 spiro atoms. The molecule has 0 saturated heterocycles. The highest BCUT2D eigenvalue weighted by molar-refractivity contribution is 7.95. The molecule has 4 aromatic rings. The Balaban J connectivity index is 1.62. The monoisotopic (exact) mass is 443 g/mol. The summed E-state index contributed by atoms with van der Waals surface area (Å²) in [4.78, 5) is 12.5. The van der Waals surface area contributed by atoms with Gasteiger partial charge < -0.3 is 0 Å². The SMILES string of the molecule is O=c1onc2n1[C@@H](CC[P+](c1ccccc1)(c1ccccc1)c1ccccc1)CCCC2. The van der Waals surface area contributed by atoms with Crippen molar-refractivity contribution in [3.8, 4) is 0 Å². The number of aryl methyl sites for hydroxylation is 1. The molecule has 3 aromatic carbocycles. The first kappa shape index (κ1) is 20.9. The normalized spacial score (nSPS) is 16.3. The highest BCUT2D eigenvalue weighted by atomic mass is 31.2. The number of hydrogen-bond donors (Lipinski definition) is 0. The third-order valence-electron chi connectivity index (χ3n) is 6.65. The molecule has 1 atom stereocenters. The number of aromatic nitrogens is 2. The maximum atomic E-state index is 12.5. The molecule has 0 bridgehead atoms. The summed E-state index contributed by atoms with van der Waals surface area (Å²) >= 11 is 0. The van der Waals surface area contributed by atoms with Crippen LogP contribution in [0.4, 0.5) is 0 Å². The smallest absolute Gasteiger partial charge is 0.296 e. The minimum absolute atomic E-state index is 0.127. The molecule has 5 rings (SSSR count). The Morgan fingerprint density at radius 3 is 1.88 bits per heavy atom. The molecular weight excluding hydrogens is 415 g/mol. The van der Waals surface area contributed by atoms with E-state index in [9.17, 15) is 4.79 Å². The van der Waals surface area contributed by atoms with Crippen LogP contribution in [0.2, 0.25) is 0 Å². The molecule has 5 heteroatoms. The minimum atomic E-state index is -1.91. The van der Waals surface area contributed by atoms with Gasteiger partial charge in [0.05, 0.1) is 6.16 Å². The standard InChI is InChI=1S/C27H28N2O2P/c30-27-29-22(12-10-11-19-26(29)28-31-27)20-21-32(23-13-4-1-5-14-23,24-15-6-2-7-16-24)25-17-8-3-9-18-25/h1-9,13-18,22H,10-12,19-21H2/q+1/t22-/m1/s1. The van der Waals surface area contributed by atoms with Crippen LogP contribution in [-0.2, 0) is 6.42 Å². The van der Waals surface area contributed by atoms with Gasteiger partial charge in [0.1, 0.15) is 23.2 Å². The third kappa shape index (κ3) is 3.84. The number of rotatable bonds is 6. The quantitative estimate of drug-likeness (QED) is 0.413. The highest BCUT2D eigenvalue weighted by Gasteiger charge is 2.45. The Morgan fingerprint density at radius 2 is 1.34 bits per heavy atom. The maximum absolute atomic E-state index is 12.5. The molecule has 2 heterocycles. The molecule has 1 aromatic heterocycles. The molecule has 1 aliphatic heterocycles. The molecule has 1 aliphatic rings. The van der Waals surface area contributed by atoms with Gasteiger partial charge in [-0.3, -0.25) is 9.09 Å². The fourth-order valence-corrected chi connectivity index (χ4v) is 9.50. The van der Waals surface area contributed by atoms with Crippen molar-refractivity contribution in [2.45, 2.75) is 38.1 Å². The van der Waals surface area contributed by atoms with Crippen LogP contribution in [0, 0.1) is 0 Å². The first-order valence-corrected chi connectivity index (χ1v) is 13.4. The van der Waals surface area contributed by atoms with E-state index in [1.807, 2.05) is 4.57 Å². The summed E-state index contributed by atoms with van der Waals surface area (Å²) in [5.41, 5.74) is 0. The van der Waals surface area contributed by atoms with Gasteiger partial charge in [-0.05, 0) is 49.2 Å². The summed E-state index contributed by atoms with van der Waals surface area (Å²) in [6.45, 7) is 0. The minimum Gasteiger partial charge on any atom is -0.296 e. The zero-order valence-corrected chi connectivity index (χ0v) is 19.0.